The Morgan fingerprint density at radius 1 is 1.11 bits per heavy atom. The van der Waals surface area contributed by atoms with Crippen molar-refractivity contribution in [3.8, 4) is 0 Å². The summed E-state index contributed by atoms with van der Waals surface area (Å²) in [6.07, 6.45) is 5.37. The fourth-order valence-corrected chi connectivity index (χ4v) is 3.74. The Balaban J connectivity index is 1.66. The quantitative estimate of drug-likeness (QED) is 0.807. The van der Waals surface area contributed by atoms with Crippen LogP contribution >= 0.6 is 0 Å². The molecule has 1 aliphatic carbocycles. The highest BCUT2D eigenvalue weighted by Crippen LogP contribution is 2.42. The van der Waals surface area contributed by atoms with Crippen molar-refractivity contribution in [2.75, 3.05) is 5.32 Å². The number of benzene rings is 1. The number of aromatic nitrogens is 1. The lowest BCUT2D eigenvalue weighted by Gasteiger charge is -2.29. The number of carbonyl (C=O) groups is 2. The van der Waals surface area contributed by atoms with Gasteiger partial charge in [0.15, 0.2) is 0 Å². The maximum Gasteiger partial charge on any atom is 0.227 e. The Bertz CT molecular complexity index is 781. The Morgan fingerprint density at radius 3 is 2.44 bits per heavy atom. The Labute approximate surface area is 160 Å². The summed E-state index contributed by atoms with van der Waals surface area (Å²) in [4.78, 5) is 30.0. The van der Waals surface area contributed by atoms with E-state index in [9.17, 15) is 9.59 Å². The second-order valence-electron chi connectivity index (χ2n) is 7.53. The number of nitrogens with one attached hydrogen (secondary N) is 2. The molecule has 142 valence electrons. The summed E-state index contributed by atoms with van der Waals surface area (Å²) in [6, 6.07) is 13.2. The van der Waals surface area contributed by atoms with E-state index in [2.05, 4.69) is 15.6 Å². The molecule has 27 heavy (non-hydrogen) atoms. The van der Waals surface area contributed by atoms with Gasteiger partial charge in [0.05, 0.1) is 17.2 Å². The first-order chi connectivity index (χ1) is 13.0. The van der Waals surface area contributed by atoms with Gasteiger partial charge in [-0.05, 0) is 51.0 Å². The van der Waals surface area contributed by atoms with Crippen LogP contribution in [0.4, 0.5) is 5.69 Å². The number of hydrogen-bond acceptors (Lipinski definition) is 3. The smallest absolute Gasteiger partial charge is 0.227 e. The molecule has 1 aromatic heterocycles. The van der Waals surface area contributed by atoms with Gasteiger partial charge in [0.2, 0.25) is 11.8 Å². The lowest BCUT2D eigenvalue weighted by molar-refractivity contribution is -0.135. The molecule has 2 amide bonds. The van der Waals surface area contributed by atoms with Crippen LogP contribution in [0.1, 0.15) is 56.3 Å². The highest BCUT2D eigenvalue weighted by atomic mass is 16.2. The molecule has 1 fully saturated rings. The molecule has 5 nitrogen and oxygen atoms in total. The van der Waals surface area contributed by atoms with Gasteiger partial charge in [-0.3, -0.25) is 14.6 Å². The van der Waals surface area contributed by atoms with Crippen molar-refractivity contribution in [3.63, 3.8) is 0 Å². The van der Waals surface area contributed by atoms with Gasteiger partial charge >= 0.3 is 0 Å². The molecule has 2 N–H and O–H groups in total. The van der Waals surface area contributed by atoms with E-state index in [0.717, 1.165) is 42.6 Å². The highest BCUT2D eigenvalue weighted by Gasteiger charge is 2.43. The first-order valence-electron chi connectivity index (χ1n) is 9.57. The van der Waals surface area contributed by atoms with Crippen LogP contribution in [-0.2, 0) is 9.59 Å². The summed E-state index contributed by atoms with van der Waals surface area (Å²) in [6.45, 7) is 3.93. The van der Waals surface area contributed by atoms with Crippen LogP contribution in [0, 0.1) is 12.3 Å². The number of amides is 2. The molecule has 1 aliphatic rings. The van der Waals surface area contributed by atoms with E-state index in [4.69, 9.17) is 0 Å². The van der Waals surface area contributed by atoms with Crippen molar-refractivity contribution < 1.29 is 9.59 Å². The maximum absolute atomic E-state index is 13.1. The molecule has 2 aromatic rings. The van der Waals surface area contributed by atoms with Gasteiger partial charge in [-0.1, -0.05) is 36.6 Å². The Kier molecular flexibility index (Phi) is 5.89. The second-order valence-corrected chi connectivity index (χ2v) is 7.53. The summed E-state index contributed by atoms with van der Waals surface area (Å²) in [5.41, 5.74) is 2.10. The van der Waals surface area contributed by atoms with E-state index >= 15 is 0 Å². The zero-order valence-corrected chi connectivity index (χ0v) is 16.0. The van der Waals surface area contributed by atoms with E-state index in [-0.39, 0.29) is 24.3 Å². The normalized spacial score (nSPS) is 16.5. The number of carbonyl (C=O) groups excluding carboxylic acids is 2. The molecule has 0 radical (unpaired) electrons. The third-order valence-electron chi connectivity index (χ3n) is 5.36. The van der Waals surface area contributed by atoms with Crippen LogP contribution in [0.25, 0.3) is 0 Å². The maximum atomic E-state index is 13.1. The molecular weight excluding hydrogens is 338 g/mol. The standard InChI is InChI=1S/C22H27N3O2/c1-16-8-10-18(11-9-16)25-20(26)15-22(12-4-5-13-22)21(27)24-17(2)19-7-3-6-14-23-19/h3,6-11,14,17H,4-5,12-13,15H2,1-2H3,(H,24,27)(H,25,26)/t17-/m0/s1. The van der Waals surface area contributed by atoms with Crippen LogP contribution in [-0.4, -0.2) is 16.8 Å². The topological polar surface area (TPSA) is 71.1 Å². The lowest BCUT2D eigenvalue weighted by atomic mass is 9.81. The van der Waals surface area contributed by atoms with Crippen LogP contribution in [0.5, 0.6) is 0 Å². The molecule has 0 aliphatic heterocycles. The molecule has 1 atom stereocenters. The van der Waals surface area contributed by atoms with Crippen LogP contribution in [0.3, 0.4) is 0 Å². The van der Waals surface area contributed by atoms with E-state index in [0.29, 0.717) is 0 Å². The fourth-order valence-electron chi connectivity index (χ4n) is 3.74. The van der Waals surface area contributed by atoms with Crippen molar-refractivity contribution in [3.05, 3.63) is 59.9 Å². The van der Waals surface area contributed by atoms with Gasteiger partial charge in [-0.25, -0.2) is 0 Å². The van der Waals surface area contributed by atoms with Crippen molar-refractivity contribution in [2.24, 2.45) is 5.41 Å². The fraction of sp³-hybridized carbons (Fsp3) is 0.409. The second kappa shape index (κ2) is 8.33. The molecule has 5 heteroatoms. The minimum atomic E-state index is -0.627. The van der Waals surface area contributed by atoms with E-state index in [1.54, 1.807) is 6.20 Å². The molecule has 0 saturated heterocycles. The van der Waals surface area contributed by atoms with Gasteiger partial charge in [0.25, 0.3) is 0 Å². The minimum Gasteiger partial charge on any atom is -0.348 e. The zero-order valence-electron chi connectivity index (χ0n) is 16.0. The predicted molar refractivity (Wildman–Crippen MR) is 106 cm³/mol. The number of anilines is 1. The molecule has 1 heterocycles. The van der Waals surface area contributed by atoms with Crippen LogP contribution in [0.2, 0.25) is 0 Å². The van der Waals surface area contributed by atoms with Crippen molar-refractivity contribution in [1.29, 1.82) is 0 Å². The van der Waals surface area contributed by atoms with E-state index < -0.39 is 5.41 Å². The largest absolute Gasteiger partial charge is 0.348 e. The van der Waals surface area contributed by atoms with E-state index in [1.165, 1.54) is 0 Å². The number of pyridine rings is 1. The zero-order chi connectivity index (χ0) is 19.3. The molecule has 1 saturated carbocycles. The number of rotatable bonds is 6. The number of aryl methyl sites for hydroxylation is 1. The molecule has 0 bridgehead atoms. The van der Waals surface area contributed by atoms with Gasteiger partial charge in [-0.2, -0.15) is 0 Å². The van der Waals surface area contributed by atoms with Gasteiger partial charge < -0.3 is 10.6 Å². The van der Waals surface area contributed by atoms with Gasteiger partial charge in [0.1, 0.15) is 0 Å². The first-order valence-corrected chi connectivity index (χ1v) is 9.57. The SMILES string of the molecule is Cc1ccc(NC(=O)CC2(C(=O)N[C@@H](C)c3ccccn3)CCCC2)cc1. The minimum absolute atomic E-state index is 0.0443. The predicted octanol–water partition coefficient (Wildman–Crippen LogP) is 4.16. The van der Waals surface area contributed by atoms with Crippen molar-refractivity contribution in [2.45, 2.75) is 52.0 Å². The summed E-state index contributed by atoms with van der Waals surface area (Å²) in [7, 11) is 0. The van der Waals surface area contributed by atoms with Crippen molar-refractivity contribution in [1.82, 2.24) is 10.3 Å². The van der Waals surface area contributed by atoms with Crippen LogP contribution in [0.15, 0.2) is 48.7 Å². The third kappa shape index (κ3) is 4.73. The Hall–Kier alpha value is -2.69. The average molecular weight is 365 g/mol. The van der Waals surface area contributed by atoms with Crippen molar-refractivity contribution >= 4 is 17.5 Å². The summed E-state index contributed by atoms with van der Waals surface area (Å²) < 4.78 is 0. The summed E-state index contributed by atoms with van der Waals surface area (Å²) >= 11 is 0. The highest BCUT2D eigenvalue weighted by molar-refractivity contribution is 5.96. The number of hydrogen-bond donors (Lipinski definition) is 2. The van der Waals surface area contributed by atoms with Gasteiger partial charge in [-0.15, -0.1) is 0 Å². The number of nitrogens with zero attached hydrogens (tertiary/aromatic N) is 1. The third-order valence-corrected chi connectivity index (χ3v) is 5.36. The molecule has 0 spiro atoms. The molecule has 3 rings (SSSR count). The summed E-state index contributed by atoms with van der Waals surface area (Å²) in [5.74, 6) is -0.154. The molecular formula is C22H27N3O2. The van der Waals surface area contributed by atoms with E-state index in [1.807, 2.05) is 56.3 Å². The lowest BCUT2D eigenvalue weighted by Crippen LogP contribution is -2.42. The molecule has 1 aromatic carbocycles. The Morgan fingerprint density at radius 2 is 1.81 bits per heavy atom. The van der Waals surface area contributed by atoms with Crippen LogP contribution < -0.4 is 10.6 Å². The van der Waals surface area contributed by atoms with Gasteiger partial charge in [0, 0.05) is 18.3 Å². The summed E-state index contributed by atoms with van der Waals surface area (Å²) in [5, 5.41) is 6.00. The molecule has 0 unspecified atom stereocenters. The monoisotopic (exact) mass is 365 g/mol. The first kappa shape index (κ1) is 19.1. The average Bonchev–Trinajstić information content (AvgIpc) is 3.14.